The second-order valence-corrected chi connectivity index (χ2v) is 6.24. The van der Waals surface area contributed by atoms with Crippen molar-refractivity contribution in [2.75, 3.05) is 37.3 Å². The Morgan fingerprint density at radius 1 is 1.48 bits per heavy atom. The molecule has 0 saturated carbocycles. The summed E-state index contributed by atoms with van der Waals surface area (Å²) in [6, 6.07) is 1.33. The van der Waals surface area contributed by atoms with E-state index in [4.69, 9.17) is 5.73 Å². The molecule has 3 N–H and O–H groups in total. The number of anilines is 2. The first kappa shape index (κ1) is 14.1. The first-order chi connectivity index (χ1) is 9.99. The van der Waals surface area contributed by atoms with Gasteiger partial charge in [-0.2, -0.15) is 4.98 Å². The summed E-state index contributed by atoms with van der Waals surface area (Å²) in [7, 11) is 1.90. The van der Waals surface area contributed by atoms with Crippen molar-refractivity contribution >= 4 is 17.7 Å². The van der Waals surface area contributed by atoms with Crippen molar-refractivity contribution in [2.45, 2.75) is 25.3 Å². The van der Waals surface area contributed by atoms with Crippen molar-refractivity contribution in [3.05, 3.63) is 12.3 Å². The number of likely N-dealkylation sites (N-methyl/N-ethyl adjacent to an activating group) is 1. The molecule has 1 aromatic rings. The number of aliphatic carboxylic acids is 1. The highest BCUT2D eigenvalue weighted by molar-refractivity contribution is 5.74. The molecule has 0 bridgehead atoms. The number of carbonyl (C=O) groups is 1. The average Bonchev–Trinajstić information content (AvgIpc) is 2.76. The minimum atomic E-state index is -0.712. The summed E-state index contributed by atoms with van der Waals surface area (Å²) in [6.07, 6.45) is 4.36. The lowest BCUT2D eigenvalue weighted by Gasteiger charge is -2.39. The first-order valence-electron chi connectivity index (χ1n) is 7.26. The maximum atomic E-state index is 11.3. The summed E-state index contributed by atoms with van der Waals surface area (Å²) in [5.41, 5.74) is 5.82. The summed E-state index contributed by atoms with van der Waals surface area (Å²) in [6.45, 7) is 2.56. The number of piperidine rings is 1. The van der Waals surface area contributed by atoms with Gasteiger partial charge >= 0.3 is 5.97 Å². The SMILES string of the molecule is CN1CC2(CCN(c3nccc(N)n3)CC2)CC1C(=O)O. The molecule has 2 aliphatic rings. The van der Waals surface area contributed by atoms with Crippen molar-refractivity contribution in [1.82, 2.24) is 14.9 Å². The third-order valence-electron chi connectivity index (χ3n) is 4.80. The van der Waals surface area contributed by atoms with Crippen molar-refractivity contribution in [1.29, 1.82) is 0 Å². The highest BCUT2D eigenvalue weighted by atomic mass is 16.4. The Kier molecular flexibility index (Phi) is 3.44. The second-order valence-electron chi connectivity index (χ2n) is 6.24. The highest BCUT2D eigenvalue weighted by Crippen LogP contribution is 2.43. The normalized spacial score (nSPS) is 25.4. The predicted molar refractivity (Wildman–Crippen MR) is 79.0 cm³/mol. The van der Waals surface area contributed by atoms with Crippen LogP contribution >= 0.6 is 0 Å². The molecule has 1 aromatic heterocycles. The van der Waals surface area contributed by atoms with E-state index in [1.54, 1.807) is 12.3 Å². The van der Waals surface area contributed by atoms with Crippen molar-refractivity contribution < 1.29 is 9.90 Å². The number of hydrogen-bond donors (Lipinski definition) is 2. The van der Waals surface area contributed by atoms with Gasteiger partial charge in [-0.15, -0.1) is 0 Å². The highest BCUT2D eigenvalue weighted by Gasteiger charge is 2.46. The summed E-state index contributed by atoms with van der Waals surface area (Å²) < 4.78 is 0. The molecule has 7 nitrogen and oxygen atoms in total. The van der Waals surface area contributed by atoms with E-state index in [2.05, 4.69) is 14.9 Å². The number of likely N-dealkylation sites (tertiary alicyclic amines) is 1. The van der Waals surface area contributed by atoms with Crippen LogP contribution in [-0.2, 0) is 4.79 Å². The Morgan fingerprint density at radius 2 is 2.19 bits per heavy atom. The number of carboxylic acids is 1. The van der Waals surface area contributed by atoms with Gasteiger partial charge in [0.15, 0.2) is 0 Å². The van der Waals surface area contributed by atoms with E-state index in [9.17, 15) is 9.90 Å². The zero-order valence-electron chi connectivity index (χ0n) is 12.2. The Labute approximate surface area is 123 Å². The van der Waals surface area contributed by atoms with Crippen molar-refractivity contribution in [3.8, 4) is 0 Å². The van der Waals surface area contributed by atoms with Gasteiger partial charge in [-0.25, -0.2) is 4.98 Å². The van der Waals surface area contributed by atoms with Crippen LogP contribution in [0.3, 0.4) is 0 Å². The van der Waals surface area contributed by atoms with E-state index in [0.717, 1.165) is 38.9 Å². The van der Waals surface area contributed by atoms with Crippen LogP contribution in [0.25, 0.3) is 0 Å². The lowest BCUT2D eigenvalue weighted by molar-refractivity contribution is -0.141. The summed E-state index contributed by atoms with van der Waals surface area (Å²) >= 11 is 0. The number of carboxylic acid groups (broad SMARTS) is 1. The van der Waals surface area contributed by atoms with E-state index in [-0.39, 0.29) is 11.5 Å². The molecule has 3 rings (SSSR count). The minimum absolute atomic E-state index is 0.120. The summed E-state index contributed by atoms with van der Waals surface area (Å²) in [4.78, 5) is 23.9. The van der Waals surface area contributed by atoms with Gasteiger partial charge in [0.2, 0.25) is 5.95 Å². The fourth-order valence-corrected chi connectivity index (χ4v) is 3.60. The lowest BCUT2D eigenvalue weighted by atomic mass is 9.76. The fraction of sp³-hybridized carbons (Fsp3) is 0.643. The van der Waals surface area contributed by atoms with E-state index >= 15 is 0 Å². The molecule has 21 heavy (non-hydrogen) atoms. The molecule has 3 heterocycles. The van der Waals surface area contributed by atoms with Crippen LogP contribution < -0.4 is 10.6 Å². The third-order valence-corrected chi connectivity index (χ3v) is 4.80. The van der Waals surface area contributed by atoms with Crippen molar-refractivity contribution in [3.63, 3.8) is 0 Å². The molecule has 2 fully saturated rings. The molecule has 114 valence electrons. The molecule has 2 saturated heterocycles. The van der Waals surface area contributed by atoms with Crippen LogP contribution in [0, 0.1) is 5.41 Å². The summed E-state index contributed by atoms with van der Waals surface area (Å²) in [5, 5.41) is 9.27. The molecule has 1 spiro atoms. The van der Waals surface area contributed by atoms with Crippen LogP contribution in [0.15, 0.2) is 12.3 Å². The molecular formula is C14H21N5O2. The van der Waals surface area contributed by atoms with Gasteiger partial charge in [0.05, 0.1) is 0 Å². The molecule has 0 amide bonds. The molecular weight excluding hydrogens is 270 g/mol. The lowest BCUT2D eigenvalue weighted by Crippen LogP contribution is -2.42. The largest absolute Gasteiger partial charge is 0.480 e. The smallest absolute Gasteiger partial charge is 0.320 e. The number of rotatable bonds is 2. The minimum Gasteiger partial charge on any atom is -0.480 e. The maximum Gasteiger partial charge on any atom is 0.320 e. The standard InChI is InChI=1S/C14H21N5O2/c1-18-9-14(8-10(18)12(20)21)3-6-19(7-4-14)13-16-5-2-11(15)17-13/h2,5,10H,3-4,6-9H2,1H3,(H,20,21)(H2,15,16,17). The van der Waals surface area contributed by atoms with E-state index in [0.29, 0.717) is 11.8 Å². The molecule has 7 heteroatoms. The maximum absolute atomic E-state index is 11.3. The second kappa shape index (κ2) is 5.14. The van der Waals surface area contributed by atoms with Gasteiger partial charge < -0.3 is 15.7 Å². The van der Waals surface area contributed by atoms with Crippen LogP contribution in [-0.4, -0.2) is 58.7 Å². The van der Waals surface area contributed by atoms with E-state index < -0.39 is 5.97 Å². The number of aromatic nitrogens is 2. The number of nitrogen functional groups attached to an aromatic ring is 1. The zero-order chi connectivity index (χ0) is 15.0. The fourth-order valence-electron chi connectivity index (χ4n) is 3.60. The van der Waals surface area contributed by atoms with Crippen LogP contribution in [0.4, 0.5) is 11.8 Å². The Bertz CT molecular complexity index is 542. The predicted octanol–water partition coefficient (Wildman–Crippen LogP) is 0.434. The number of hydrogen-bond acceptors (Lipinski definition) is 6. The molecule has 1 atom stereocenters. The van der Waals surface area contributed by atoms with E-state index in [1.165, 1.54) is 0 Å². The molecule has 2 aliphatic heterocycles. The average molecular weight is 291 g/mol. The van der Waals surface area contributed by atoms with Crippen molar-refractivity contribution in [2.24, 2.45) is 5.41 Å². The number of nitrogens with zero attached hydrogens (tertiary/aromatic N) is 4. The Morgan fingerprint density at radius 3 is 2.76 bits per heavy atom. The quantitative estimate of drug-likeness (QED) is 0.816. The molecule has 1 unspecified atom stereocenters. The molecule has 0 aromatic carbocycles. The van der Waals surface area contributed by atoms with Crippen LogP contribution in [0.5, 0.6) is 0 Å². The van der Waals surface area contributed by atoms with Crippen LogP contribution in [0.1, 0.15) is 19.3 Å². The molecule has 0 aliphatic carbocycles. The van der Waals surface area contributed by atoms with Gasteiger partial charge in [-0.3, -0.25) is 9.69 Å². The van der Waals surface area contributed by atoms with Gasteiger partial charge in [-0.1, -0.05) is 0 Å². The Hall–Kier alpha value is -1.89. The Balaban J connectivity index is 1.67. The van der Waals surface area contributed by atoms with E-state index in [1.807, 2.05) is 11.9 Å². The molecule has 0 radical (unpaired) electrons. The monoisotopic (exact) mass is 291 g/mol. The van der Waals surface area contributed by atoms with Gasteiger partial charge in [0, 0.05) is 25.8 Å². The zero-order valence-corrected chi connectivity index (χ0v) is 12.2. The topological polar surface area (TPSA) is 95.6 Å². The summed E-state index contributed by atoms with van der Waals surface area (Å²) in [5.74, 6) is 0.439. The van der Waals surface area contributed by atoms with Gasteiger partial charge in [0.25, 0.3) is 0 Å². The van der Waals surface area contributed by atoms with Gasteiger partial charge in [-0.05, 0) is 37.8 Å². The van der Waals surface area contributed by atoms with Crippen LogP contribution in [0.2, 0.25) is 0 Å². The number of nitrogens with two attached hydrogens (primary N) is 1. The van der Waals surface area contributed by atoms with Gasteiger partial charge in [0.1, 0.15) is 11.9 Å². The first-order valence-corrected chi connectivity index (χ1v) is 7.26. The third kappa shape index (κ3) is 2.65.